The normalized spacial score (nSPS) is 10.0. The first-order valence-corrected chi connectivity index (χ1v) is 6.27. The van der Waals surface area contributed by atoms with E-state index in [1.54, 1.807) is 39.5 Å². The van der Waals surface area contributed by atoms with E-state index in [0.29, 0.717) is 22.8 Å². The molecular formula is C15H15N3O3. The predicted octanol–water partition coefficient (Wildman–Crippen LogP) is 1.53. The van der Waals surface area contributed by atoms with E-state index in [1.165, 1.54) is 4.68 Å². The molecule has 6 nitrogen and oxygen atoms in total. The van der Waals surface area contributed by atoms with E-state index >= 15 is 0 Å². The van der Waals surface area contributed by atoms with Crippen molar-refractivity contribution in [1.29, 1.82) is 5.26 Å². The summed E-state index contributed by atoms with van der Waals surface area (Å²) in [5, 5.41) is 13.0. The van der Waals surface area contributed by atoms with Gasteiger partial charge in [0.15, 0.2) is 11.5 Å². The highest BCUT2D eigenvalue weighted by Gasteiger charge is 2.11. The predicted molar refractivity (Wildman–Crippen MR) is 77.3 cm³/mol. The lowest BCUT2D eigenvalue weighted by molar-refractivity contribution is 0.355. The minimum atomic E-state index is -0.263. The van der Waals surface area contributed by atoms with E-state index in [-0.39, 0.29) is 12.0 Å². The van der Waals surface area contributed by atoms with Crippen LogP contribution >= 0.6 is 0 Å². The Labute approximate surface area is 122 Å². The van der Waals surface area contributed by atoms with Crippen LogP contribution in [0.4, 0.5) is 0 Å². The first-order chi connectivity index (χ1) is 10.1. The lowest BCUT2D eigenvalue weighted by atomic mass is 10.1. The van der Waals surface area contributed by atoms with Gasteiger partial charge in [0.1, 0.15) is 0 Å². The molecule has 0 unspecified atom stereocenters. The summed E-state index contributed by atoms with van der Waals surface area (Å²) < 4.78 is 11.7. The average Bonchev–Trinajstić information content (AvgIpc) is 2.51. The monoisotopic (exact) mass is 285 g/mol. The molecule has 2 aromatic rings. The molecule has 0 saturated heterocycles. The fourth-order valence-electron chi connectivity index (χ4n) is 2.02. The second-order valence-corrected chi connectivity index (χ2v) is 4.39. The summed E-state index contributed by atoms with van der Waals surface area (Å²) in [5.74, 6) is 1.19. The minimum absolute atomic E-state index is 0.0511. The van der Waals surface area contributed by atoms with Gasteiger partial charge < -0.3 is 9.47 Å². The Morgan fingerprint density at radius 2 is 1.95 bits per heavy atom. The minimum Gasteiger partial charge on any atom is -0.493 e. The number of rotatable bonds is 4. The zero-order chi connectivity index (χ0) is 15.4. The Hall–Kier alpha value is -2.81. The number of ether oxygens (including phenoxy) is 2. The summed E-state index contributed by atoms with van der Waals surface area (Å²) in [6.45, 7) is 0. The molecule has 2 rings (SSSR count). The highest BCUT2D eigenvalue weighted by atomic mass is 16.5. The molecule has 1 aromatic heterocycles. The van der Waals surface area contributed by atoms with Crippen molar-refractivity contribution < 1.29 is 9.47 Å². The highest BCUT2D eigenvalue weighted by molar-refractivity contribution is 5.64. The topological polar surface area (TPSA) is 77.1 Å². The number of nitriles is 1. The van der Waals surface area contributed by atoms with Gasteiger partial charge in [-0.3, -0.25) is 4.79 Å². The van der Waals surface area contributed by atoms with Gasteiger partial charge in [0.05, 0.1) is 32.4 Å². The Kier molecular flexibility index (Phi) is 4.24. The molecule has 0 N–H and O–H groups in total. The van der Waals surface area contributed by atoms with Crippen LogP contribution in [0, 0.1) is 11.3 Å². The molecule has 0 aliphatic rings. The van der Waals surface area contributed by atoms with Crippen LogP contribution in [-0.4, -0.2) is 24.0 Å². The van der Waals surface area contributed by atoms with Crippen LogP contribution in [0.15, 0.2) is 29.1 Å². The van der Waals surface area contributed by atoms with E-state index in [9.17, 15) is 4.79 Å². The molecule has 0 spiro atoms. The number of hydrogen-bond donors (Lipinski definition) is 0. The van der Waals surface area contributed by atoms with Crippen molar-refractivity contribution in [3.8, 4) is 28.8 Å². The SMILES string of the molecule is COc1ccc(-c2cc(CC#N)c(=O)n(C)n2)cc1OC. The van der Waals surface area contributed by atoms with Gasteiger partial charge in [0, 0.05) is 18.2 Å². The van der Waals surface area contributed by atoms with E-state index in [2.05, 4.69) is 5.10 Å². The van der Waals surface area contributed by atoms with Crippen LogP contribution in [0.2, 0.25) is 0 Å². The van der Waals surface area contributed by atoms with Crippen molar-refractivity contribution >= 4 is 0 Å². The van der Waals surface area contributed by atoms with Crippen LogP contribution in [0.5, 0.6) is 11.5 Å². The third kappa shape index (κ3) is 2.87. The molecule has 0 bridgehead atoms. The Balaban J connectivity index is 2.57. The standard InChI is InChI=1S/C15H15N3O3/c1-18-15(19)11(6-7-16)8-12(17-18)10-4-5-13(20-2)14(9-10)21-3/h4-5,8-9H,6H2,1-3H3. The highest BCUT2D eigenvalue weighted by Crippen LogP contribution is 2.31. The van der Waals surface area contributed by atoms with Crippen molar-refractivity contribution in [2.75, 3.05) is 14.2 Å². The molecule has 0 fully saturated rings. The molecule has 0 radical (unpaired) electrons. The molecule has 0 atom stereocenters. The van der Waals surface area contributed by atoms with Crippen LogP contribution in [0.25, 0.3) is 11.3 Å². The summed E-state index contributed by atoms with van der Waals surface area (Å²) in [6.07, 6.45) is 0.0511. The molecule has 0 amide bonds. The molecule has 1 heterocycles. The maximum atomic E-state index is 11.9. The smallest absolute Gasteiger partial charge is 0.270 e. The maximum absolute atomic E-state index is 11.9. The number of hydrogen-bond acceptors (Lipinski definition) is 5. The van der Waals surface area contributed by atoms with Crippen molar-refractivity contribution in [1.82, 2.24) is 9.78 Å². The molecule has 21 heavy (non-hydrogen) atoms. The Morgan fingerprint density at radius 3 is 2.57 bits per heavy atom. The van der Waals surface area contributed by atoms with Gasteiger partial charge in [-0.25, -0.2) is 4.68 Å². The quantitative estimate of drug-likeness (QED) is 0.851. The van der Waals surface area contributed by atoms with Crippen molar-refractivity contribution in [3.63, 3.8) is 0 Å². The third-order valence-corrected chi connectivity index (χ3v) is 3.09. The summed E-state index contributed by atoms with van der Waals surface area (Å²) in [4.78, 5) is 11.9. The molecule has 108 valence electrons. The first-order valence-electron chi connectivity index (χ1n) is 6.27. The summed E-state index contributed by atoms with van der Waals surface area (Å²) in [5.41, 5.74) is 1.53. The number of aromatic nitrogens is 2. The second-order valence-electron chi connectivity index (χ2n) is 4.39. The van der Waals surface area contributed by atoms with E-state index in [0.717, 1.165) is 5.56 Å². The van der Waals surface area contributed by atoms with Crippen molar-refractivity contribution in [2.45, 2.75) is 6.42 Å². The van der Waals surface area contributed by atoms with E-state index < -0.39 is 0 Å². The lowest BCUT2D eigenvalue weighted by Gasteiger charge is -2.10. The second kappa shape index (κ2) is 6.09. The van der Waals surface area contributed by atoms with Crippen molar-refractivity contribution in [3.05, 3.63) is 40.2 Å². The first kappa shape index (κ1) is 14.6. The average molecular weight is 285 g/mol. The van der Waals surface area contributed by atoms with E-state index in [1.807, 2.05) is 12.1 Å². The van der Waals surface area contributed by atoms with Gasteiger partial charge in [-0.1, -0.05) is 0 Å². The van der Waals surface area contributed by atoms with Crippen molar-refractivity contribution in [2.24, 2.45) is 7.05 Å². The molecule has 0 aliphatic heterocycles. The number of nitrogens with zero attached hydrogens (tertiary/aromatic N) is 3. The fraction of sp³-hybridized carbons (Fsp3) is 0.267. The number of methoxy groups -OCH3 is 2. The van der Waals surface area contributed by atoms with Crippen LogP contribution in [-0.2, 0) is 13.5 Å². The number of benzene rings is 1. The zero-order valence-electron chi connectivity index (χ0n) is 12.1. The Morgan fingerprint density at radius 1 is 1.24 bits per heavy atom. The van der Waals surface area contributed by atoms with Crippen LogP contribution in [0.1, 0.15) is 5.56 Å². The maximum Gasteiger partial charge on any atom is 0.270 e. The van der Waals surface area contributed by atoms with Gasteiger partial charge in [-0.2, -0.15) is 10.4 Å². The summed E-state index contributed by atoms with van der Waals surface area (Å²) >= 11 is 0. The zero-order valence-corrected chi connectivity index (χ0v) is 12.1. The summed E-state index contributed by atoms with van der Waals surface area (Å²) in [6, 6.07) is 8.99. The molecule has 0 saturated carbocycles. The summed E-state index contributed by atoms with van der Waals surface area (Å²) in [7, 11) is 4.68. The van der Waals surface area contributed by atoms with Gasteiger partial charge in [-0.05, 0) is 24.3 Å². The van der Waals surface area contributed by atoms with Crippen LogP contribution in [0.3, 0.4) is 0 Å². The van der Waals surface area contributed by atoms with Gasteiger partial charge in [0.25, 0.3) is 5.56 Å². The third-order valence-electron chi connectivity index (χ3n) is 3.09. The molecule has 6 heteroatoms. The molecule has 0 aliphatic carbocycles. The van der Waals surface area contributed by atoms with Gasteiger partial charge in [-0.15, -0.1) is 0 Å². The molecule has 1 aromatic carbocycles. The molecular weight excluding hydrogens is 270 g/mol. The van der Waals surface area contributed by atoms with Gasteiger partial charge in [0.2, 0.25) is 0 Å². The lowest BCUT2D eigenvalue weighted by Crippen LogP contribution is -2.23. The Bertz CT molecular complexity index is 760. The largest absolute Gasteiger partial charge is 0.493 e. The van der Waals surface area contributed by atoms with E-state index in [4.69, 9.17) is 14.7 Å². The van der Waals surface area contributed by atoms with Gasteiger partial charge >= 0.3 is 0 Å². The van der Waals surface area contributed by atoms with Crippen LogP contribution < -0.4 is 15.0 Å². The number of aryl methyl sites for hydroxylation is 1. The fourth-order valence-corrected chi connectivity index (χ4v) is 2.02.